The molecule has 7 nitrogen and oxygen atoms in total. The van der Waals surface area contributed by atoms with E-state index in [1.54, 1.807) is 37.5 Å². The van der Waals surface area contributed by atoms with Crippen molar-refractivity contribution in [3.63, 3.8) is 0 Å². The molecule has 0 unspecified atom stereocenters. The van der Waals surface area contributed by atoms with Gasteiger partial charge < -0.3 is 14.5 Å². The topological polar surface area (TPSA) is 97.6 Å². The van der Waals surface area contributed by atoms with Gasteiger partial charge in [-0.05, 0) is 74.4 Å². The molecule has 1 aliphatic rings. The SMILES string of the molecule is COc1ccc2c(c1)/C(=C/C(=O)c1ccc(NS(=O)(=O)c3ccco3)cc1)NC(C)(C)C2. The second-order valence-corrected chi connectivity index (χ2v) is 9.86. The summed E-state index contributed by atoms with van der Waals surface area (Å²) < 4.78 is 37.3. The minimum atomic E-state index is -3.81. The number of anilines is 1. The Balaban J connectivity index is 1.59. The highest BCUT2D eigenvalue weighted by Gasteiger charge is 2.28. The molecule has 2 N–H and O–H groups in total. The van der Waals surface area contributed by atoms with Crippen molar-refractivity contribution in [3.05, 3.63) is 83.6 Å². The van der Waals surface area contributed by atoms with Gasteiger partial charge in [-0.25, -0.2) is 0 Å². The highest BCUT2D eigenvalue weighted by Crippen LogP contribution is 2.32. The Bertz CT molecular complexity index is 1270. The Kier molecular flexibility index (Phi) is 5.56. The molecule has 3 aromatic rings. The van der Waals surface area contributed by atoms with E-state index in [4.69, 9.17) is 9.15 Å². The van der Waals surface area contributed by atoms with Crippen molar-refractivity contribution in [1.29, 1.82) is 0 Å². The summed E-state index contributed by atoms with van der Waals surface area (Å²) in [6.07, 6.45) is 3.68. The fourth-order valence-electron chi connectivity index (χ4n) is 3.69. The molecule has 8 heteroatoms. The number of methoxy groups -OCH3 is 1. The van der Waals surface area contributed by atoms with Gasteiger partial charge in [-0.2, -0.15) is 8.42 Å². The molecule has 0 atom stereocenters. The number of carbonyl (C=O) groups is 1. The van der Waals surface area contributed by atoms with Crippen molar-refractivity contribution in [2.24, 2.45) is 0 Å². The number of fused-ring (bicyclic) bond motifs is 1. The van der Waals surface area contributed by atoms with Gasteiger partial charge in [-0.15, -0.1) is 0 Å². The average Bonchev–Trinajstić information content (AvgIpc) is 3.29. The third-order valence-corrected chi connectivity index (χ3v) is 6.44. The van der Waals surface area contributed by atoms with Crippen LogP contribution < -0.4 is 14.8 Å². The number of sulfonamides is 1. The molecular weight excluding hydrogens is 428 g/mol. The van der Waals surface area contributed by atoms with Crippen LogP contribution in [-0.2, 0) is 16.4 Å². The molecule has 2 aromatic carbocycles. The zero-order valence-electron chi connectivity index (χ0n) is 18.0. The fourth-order valence-corrected chi connectivity index (χ4v) is 4.68. The number of hydrogen-bond acceptors (Lipinski definition) is 6. The lowest BCUT2D eigenvalue weighted by molar-refractivity contribution is 0.104. The number of benzene rings is 2. The summed E-state index contributed by atoms with van der Waals surface area (Å²) in [5, 5.41) is 3.26. The number of ketones is 1. The molecule has 32 heavy (non-hydrogen) atoms. The maximum absolute atomic E-state index is 13.0. The fraction of sp³-hybridized carbons (Fsp3) is 0.208. The van der Waals surface area contributed by atoms with E-state index >= 15 is 0 Å². The van der Waals surface area contributed by atoms with Crippen LogP contribution in [-0.4, -0.2) is 26.8 Å². The van der Waals surface area contributed by atoms with Crippen molar-refractivity contribution in [2.45, 2.75) is 30.9 Å². The third kappa shape index (κ3) is 4.55. The maximum atomic E-state index is 13.0. The van der Waals surface area contributed by atoms with Gasteiger partial charge in [0, 0.05) is 34.1 Å². The molecule has 0 saturated heterocycles. The molecule has 0 amide bonds. The second-order valence-electron chi connectivity index (χ2n) is 8.25. The molecule has 2 heterocycles. The summed E-state index contributed by atoms with van der Waals surface area (Å²) >= 11 is 0. The van der Waals surface area contributed by atoms with Crippen LogP contribution in [0.25, 0.3) is 5.70 Å². The van der Waals surface area contributed by atoms with Gasteiger partial charge in [0.15, 0.2) is 5.78 Å². The predicted octanol–water partition coefficient (Wildman–Crippen LogP) is 4.24. The van der Waals surface area contributed by atoms with Gasteiger partial charge in [-0.3, -0.25) is 9.52 Å². The van der Waals surface area contributed by atoms with Crippen molar-refractivity contribution in [2.75, 3.05) is 11.8 Å². The van der Waals surface area contributed by atoms with E-state index in [1.165, 1.54) is 18.4 Å². The van der Waals surface area contributed by atoms with Crippen LogP contribution >= 0.6 is 0 Å². The van der Waals surface area contributed by atoms with Crippen LogP contribution in [0.3, 0.4) is 0 Å². The molecular formula is C24H24N2O5S. The van der Waals surface area contributed by atoms with E-state index < -0.39 is 10.0 Å². The lowest BCUT2D eigenvalue weighted by Crippen LogP contribution is -2.43. The summed E-state index contributed by atoms with van der Waals surface area (Å²) in [5.41, 5.74) is 3.35. The monoisotopic (exact) mass is 452 g/mol. The van der Waals surface area contributed by atoms with Crippen LogP contribution in [0.1, 0.15) is 35.3 Å². The van der Waals surface area contributed by atoms with Crippen molar-refractivity contribution >= 4 is 27.2 Å². The smallest absolute Gasteiger partial charge is 0.295 e. The predicted molar refractivity (Wildman–Crippen MR) is 122 cm³/mol. The zero-order chi connectivity index (χ0) is 22.9. The van der Waals surface area contributed by atoms with Gasteiger partial charge in [0.05, 0.1) is 13.4 Å². The van der Waals surface area contributed by atoms with Crippen LogP contribution in [0.5, 0.6) is 5.75 Å². The second kappa shape index (κ2) is 8.20. The molecule has 1 aromatic heterocycles. The van der Waals surface area contributed by atoms with Crippen LogP contribution in [0.2, 0.25) is 0 Å². The molecule has 0 spiro atoms. The first kappa shape index (κ1) is 21.7. The maximum Gasteiger partial charge on any atom is 0.295 e. The number of ether oxygens (including phenoxy) is 1. The number of furan rings is 1. The minimum absolute atomic E-state index is 0.178. The first-order valence-corrected chi connectivity index (χ1v) is 11.5. The largest absolute Gasteiger partial charge is 0.497 e. The van der Waals surface area contributed by atoms with Gasteiger partial charge in [0.25, 0.3) is 10.0 Å². The number of rotatable bonds is 6. The molecule has 166 valence electrons. The quantitative estimate of drug-likeness (QED) is 0.429. The molecule has 0 radical (unpaired) electrons. The van der Waals surface area contributed by atoms with E-state index in [1.807, 2.05) is 18.2 Å². The highest BCUT2D eigenvalue weighted by molar-refractivity contribution is 7.92. The minimum Gasteiger partial charge on any atom is -0.497 e. The first-order chi connectivity index (χ1) is 15.2. The molecule has 1 aliphatic heterocycles. The highest BCUT2D eigenvalue weighted by atomic mass is 32.2. The van der Waals surface area contributed by atoms with Crippen molar-refractivity contribution in [1.82, 2.24) is 5.32 Å². The molecule has 0 fully saturated rings. The third-order valence-electron chi connectivity index (χ3n) is 5.17. The molecule has 4 rings (SSSR count). The lowest BCUT2D eigenvalue weighted by atomic mass is 9.85. The van der Waals surface area contributed by atoms with E-state index in [-0.39, 0.29) is 16.4 Å². The van der Waals surface area contributed by atoms with Gasteiger partial charge in [-0.1, -0.05) is 6.07 Å². The Morgan fingerprint density at radius 1 is 1.16 bits per heavy atom. The van der Waals surface area contributed by atoms with E-state index in [9.17, 15) is 13.2 Å². The normalized spacial score (nSPS) is 16.2. The van der Waals surface area contributed by atoms with Gasteiger partial charge >= 0.3 is 0 Å². The summed E-state index contributed by atoms with van der Waals surface area (Å²) in [6.45, 7) is 4.16. The Morgan fingerprint density at radius 2 is 1.91 bits per heavy atom. The van der Waals surface area contributed by atoms with Gasteiger partial charge in [0.2, 0.25) is 5.09 Å². The van der Waals surface area contributed by atoms with Crippen LogP contribution in [0, 0.1) is 0 Å². The summed E-state index contributed by atoms with van der Waals surface area (Å²) in [6, 6.07) is 15.0. The number of nitrogens with one attached hydrogen (secondary N) is 2. The van der Waals surface area contributed by atoms with Crippen molar-refractivity contribution in [3.8, 4) is 5.75 Å². The van der Waals surface area contributed by atoms with E-state index in [0.29, 0.717) is 11.3 Å². The number of carbonyl (C=O) groups excluding carboxylic acids is 1. The van der Waals surface area contributed by atoms with Crippen molar-refractivity contribution < 1.29 is 22.4 Å². The van der Waals surface area contributed by atoms with Crippen LogP contribution in [0.15, 0.2) is 76.4 Å². The summed E-state index contributed by atoms with van der Waals surface area (Å²) in [5.74, 6) is 0.524. The van der Waals surface area contributed by atoms with Gasteiger partial charge in [0.1, 0.15) is 5.75 Å². The standard InChI is InChI=1S/C24H24N2O5S/c1-24(2)15-17-8-11-19(30-3)13-20(17)21(25-24)14-22(27)16-6-9-18(10-7-16)26-32(28,29)23-5-4-12-31-23/h4-14,25-26H,15H2,1-3H3/b21-14-. The summed E-state index contributed by atoms with van der Waals surface area (Å²) in [4.78, 5) is 13.0. The molecule has 0 saturated carbocycles. The van der Waals surface area contributed by atoms with E-state index in [0.717, 1.165) is 29.0 Å². The zero-order valence-corrected chi connectivity index (χ0v) is 18.8. The first-order valence-electron chi connectivity index (χ1n) is 10.0. The summed E-state index contributed by atoms with van der Waals surface area (Å²) in [7, 11) is -2.20. The number of hydrogen-bond donors (Lipinski definition) is 2. The Morgan fingerprint density at radius 3 is 2.56 bits per heavy atom. The molecule has 0 aliphatic carbocycles. The van der Waals surface area contributed by atoms with E-state index in [2.05, 4.69) is 23.9 Å². The number of allylic oxidation sites excluding steroid dienone is 1. The van der Waals surface area contributed by atoms with Crippen LogP contribution in [0.4, 0.5) is 5.69 Å². The average molecular weight is 453 g/mol. The Labute approximate surface area is 187 Å². The molecule has 0 bridgehead atoms. The Hall–Kier alpha value is -3.52. The lowest BCUT2D eigenvalue weighted by Gasteiger charge is -2.35.